The van der Waals surface area contributed by atoms with Gasteiger partial charge in [-0.25, -0.2) is 0 Å². The van der Waals surface area contributed by atoms with Gasteiger partial charge in [0.25, 0.3) is 0 Å². The Labute approximate surface area is 258 Å². The van der Waals surface area contributed by atoms with Gasteiger partial charge >= 0.3 is 0 Å². The maximum atomic E-state index is 10.1. The molecule has 2 aliphatic rings. The standard InChI is InChI=1S/C40H58O2/c1-29(17-13-19-31(3)21-23-37-33(5)25-35(41)27-39(37,7)8)15-11-12-16-30(2)18-14-20-32(4)22-24-38-34(6)26-36(42)28-40(38,9)10/h11-21,23,35-36,41-42H,22,24-28H2,1-10H3/b12-11+,17-13+,18-14+,23-21+,29-15+,30-16+,31-19-,32-20+/t35-,36-/m1/s1. The molecule has 0 bridgehead atoms. The fourth-order valence-corrected chi connectivity index (χ4v) is 6.49. The molecule has 0 aromatic carbocycles. The van der Waals surface area contributed by atoms with E-state index >= 15 is 0 Å². The van der Waals surface area contributed by atoms with Crippen LogP contribution in [0.2, 0.25) is 0 Å². The van der Waals surface area contributed by atoms with E-state index in [9.17, 15) is 10.2 Å². The summed E-state index contributed by atoms with van der Waals surface area (Å²) >= 11 is 0. The Balaban J connectivity index is 1.86. The maximum Gasteiger partial charge on any atom is 0.0585 e. The van der Waals surface area contributed by atoms with Gasteiger partial charge in [-0.15, -0.1) is 0 Å². The summed E-state index contributed by atoms with van der Waals surface area (Å²) < 4.78 is 0. The van der Waals surface area contributed by atoms with Gasteiger partial charge < -0.3 is 10.2 Å². The third-order valence-corrected chi connectivity index (χ3v) is 8.67. The third kappa shape index (κ3) is 11.9. The van der Waals surface area contributed by atoms with Crippen LogP contribution in [-0.4, -0.2) is 22.4 Å². The van der Waals surface area contributed by atoms with Crippen molar-refractivity contribution in [2.75, 3.05) is 0 Å². The molecule has 2 aliphatic carbocycles. The van der Waals surface area contributed by atoms with Crippen LogP contribution in [0.3, 0.4) is 0 Å². The van der Waals surface area contributed by atoms with Crippen LogP contribution in [0.1, 0.15) is 108 Å². The first kappa shape index (κ1) is 35.5. The van der Waals surface area contributed by atoms with Crippen LogP contribution < -0.4 is 0 Å². The average Bonchev–Trinajstić information content (AvgIpc) is 2.84. The lowest BCUT2D eigenvalue weighted by atomic mass is 9.70. The number of rotatable bonds is 11. The molecule has 230 valence electrons. The van der Waals surface area contributed by atoms with E-state index in [1.165, 1.54) is 44.6 Å². The average molecular weight is 571 g/mol. The summed E-state index contributed by atoms with van der Waals surface area (Å²) in [4.78, 5) is 0. The first-order valence-electron chi connectivity index (χ1n) is 15.7. The fraction of sp³-hybridized carbons (Fsp3) is 0.500. The minimum Gasteiger partial charge on any atom is -0.393 e. The van der Waals surface area contributed by atoms with Crippen molar-refractivity contribution >= 4 is 0 Å². The monoisotopic (exact) mass is 570 g/mol. The van der Waals surface area contributed by atoms with Gasteiger partial charge in [0.2, 0.25) is 0 Å². The quantitative estimate of drug-likeness (QED) is 0.192. The number of allylic oxidation sites excluding steroid dienone is 18. The van der Waals surface area contributed by atoms with Crippen LogP contribution >= 0.6 is 0 Å². The Morgan fingerprint density at radius 2 is 1.14 bits per heavy atom. The van der Waals surface area contributed by atoms with E-state index in [0.717, 1.165) is 38.5 Å². The predicted molar refractivity (Wildman–Crippen MR) is 184 cm³/mol. The van der Waals surface area contributed by atoms with Crippen LogP contribution in [-0.2, 0) is 0 Å². The van der Waals surface area contributed by atoms with Gasteiger partial charge in [0.15, 0.2) is 0 Å². The number of aliphatic hydroxyl groups excluding tert-OH is 2. The predicted octanol–water partition coefficient (Wildman–Crippen LogP) is 10.8. The molecule has 0 unspecified atom stereocenters. The molecule has 42 heavy (non-hydrogen) atoms. The summed E-state index contributed by atoms with van der Waals surface area (Å²) in [5, 5.41) is 20.2. The zero-order chi connectivity index (χ0) is 31.5. The Bertz CT molecular complexity index is 1240. The third-order valence-electron chi connectivity index (χ3n) is 8.67. The summed E-state index contributed by atoms with van der Waals surface area (Å²) in [6, 6.07) is 0. The van der Waals surface area contributed by atoms with Gasteiger partial charge in [0, 0.05) is 0 Å². The highest BCUT2D eigenvalue weighted by atomic mass is 16.3. The summed E-state index contributed by atoms with van der Waals surface area (Å²) in [5.41, 5.74) is 10.6. The van der Waals surface area contributed by atoms with E-state index in [1.807, 2.05) is 0 Å². The molecule has 0 radical (unpaired) electrons. The van der Waals surface area contributed by atoms with Crippen molar-refractivity contribution in [1.82, 2.24) is 0 Å². The summed E-state index contributed by atoms with van der Waals surface area (Å²) in [6.45, 7) is 21.9. The van der Waals surface area contributed by atoms with Crippen molar-refractivity contribution in [2.24, 2.45) is 10.8 Å². The number of aliphatic hydroxyl groups is 2. The second kappa shape index (κ2) is 16.2. The van der Waals surface area contributed by atoms with Gasteiger partial charge in [0.05, 0.1) is 12.2 Å². The Kier molecular flexibility index (Phi) is 13.7. The minimum atomic E-state index is -0.224. The number of hydrogen-bond donors (Lipinski definition) is 2. The van der Waals surface area contributed by atoms with Crippen molar-refractivity contribution in [3.8, 4) is 0 Å². The molecule has 0 heterocycles. The van der Waals surface area contributed by atoms with Crippen LogP contribution in [0.4, 0.5) is 0 Å². The molecule has 0 saturated carbocycles. The van der Waals surface area contributed by atoms with Crippen LogP contribution in [0.5, 0.6) is 0 Å². The first-order chi connectivity index (χ1) is 19.6. The molecule has 0 fully saturated rings. The Morgan fingerprint density at radius 3 is 1.69 bits per heavy atom. The van der Waals surface area contributed by atoms with Crippen molar-refractivity contribution in [1.29, 1.82) is 0 Å². The molecule has 2 heteroatoms. The molecule has 0 aliphatic heterocycles. The molecular formula is C40H58O2. The van der Waals surface area contributed by atoms with Crippen LogP contribution in [0.15, 0.2) is 117 Å². The highest BCUT2D eigenvalue weighted by Crippen LogP contribution is 2.43. The zero-order valence-electron chi connectivity index (χ0n) is 28.2. The molecule has 0 amide bonds. The van der Waals surface area contributed by atoms with Crippen molar-refractivity contribution in [3.05, 3.63) is 117 Å². The van der Waals surface area contributed by atoms with Gasteiger partial charge in [-0.05, 0) is 96.5 Å². The van der Waals surface area contributed by atoms with Gasteiger partial charge in [-0.3, -0.25) is 0 Å². The summed E-state index contributed by atoms with van der Waals surface area (Å²) in [6.07, 6.45) is 30.7. The highest BCUT2D eigenvalue weighted by molar-refractivity contribution is 5.38. The van der Waals surface area contributed by atoms with E-state index in [-0.39, 0.29) is 23.0 Å². The smallest absolute Gasteiger partial charge is 0.0585 e. The van der Waals surface area contributed by atoms with Crippen molar-refractivity contribution in [2.45, 2.75) is 120 Å². The first-order valence-corrected chi connectivity index (χ1v) is 15.7. The molecule has 2 rings (SSSR count). The molecule has 2 N–H and O–H groups in total. The molecule has 0 saturated heterocycles. The largest absolute Gasteiger partial charge is 0.393 e. The molecule has 2 atom stereocenters. The van der Waals surface area contributed by atoms with E-state index in [0.29, 0.717) is 0 Å². The van der Waals surface area contributed by atoms with Gasteiger partial charge in [0.1, 0.15) is 0 Å². The van der Waals surface area contributed by atoms with E-state index in [1.54, 1.807) is 0 Å². The summed E-state index contributed by atoms with van der Waals surface area (Å²) in [7, 11) is 0. The lowest BCUT2D eigenvalue weighted by molar-refractivity contribution is 0.113. The zero-order valence-corrected chi connectivity index (χ0v) is 28.2. The lowest BCUT2D eigenvalue weighted by Crippen LogP contribution is -2.29. The van der Waals surface area contributed by atoms with Crippen molar-refractivity contribution in [3.63, 3.8) is 0 Å². The molecule has 0 aromatic rings. The second-order valence-corrected chi connectivity index (χ2v) is 14.0. The van der Waals surface area contributed by atoms with Gasteiger partial charge in [-0.2, -0.15) is 0 Å². The van der Waals surface area contributed by atoms with E-state index in [2.05, 4.69) is 142 Å². The second-order valence-electron chi connectivity index (χ2n) is 14.0. The maximum absolute atomic E-state index is 10.1. The Morgan fingerprint density at radius 1 is 0.667 bits per heavy atom. The minimum absolute atomic E-state index is 0.00810. The van der Waals surface area contributed by atoms with E-state index in [4.69, 9.17) is 0 Å². The van der Waals surface area contributed by atoms with E-state index < -0.39 is 0 Å². The highest BCUT2D eigenvalue weighted by Gasteiger charge is 2.32. The summed E-state index contributed by atoms with van der Waals surface area (Å²) in [5.74, 6) is 0. The van der Waals surface area contributed by atoms with Gasteiger partial charge in [-0.1, -0.05) is 140 Å². The normalized spacial score (nSPS) is 24.9. The Hall–Kier alpha value is -2.68. The molecule has 2 nitrogen and oxygen atoms in total. The molecule has 0 aromatic heterocycles. The fourth-order valence-electron chi connectivity index (χ4n) is 6.49. The lowest BCUT2D eigenvalue weighted by Gasteiger charge is -2.37. The van der Waals surface area contributed by atoms with Crippen LogP contribution in [0.25, 0.3) is 0 Å². The van der Waals surface area contributed by atoms with Crippen molar-refractivity contribution < 1.29 is 10.2 Å². The SMILES string of the molecule is CC1=C(/C=C/C(C)=C\C=C\C(C)=C\C=C\C=C(C)\C=C\C=C(/C)CCC2=C(C)C[C@@H](O)CC2(C)C)C(C)(C)C[C@H](O)C1. The molecular weight excluding hydrogens is 512 g/mol. The number of hydrogen-bond acceptors (Lipinski definition) is 2. The molecule has 0 spiro atoms. The van der Waals surface area contributed by atoms with Crippen LogP contribution in [0, 0.1) is 10.8 Å². The topological polar surface area (TPSA) is 40.5 Å².